The summed E-state index contributed by atoms with van der Waals surface area (Å²) in [5, 5.41) is 4.18. The number of hydrogen-bond donors (Lipinski definition) is 1. The molecule has 134 valence electrons. The molecule has 2 heterocycles. The summed E-state index contributed by atoms with van der Waals surface area (Å²) in [6, 6.07) is 11.1. The molecule has 3 aromatic rings. The Morgan fingerprint density at radius 2 is 2.12 bits per heavy atom. The number of fused-ring (bicyclic) bond motifs is 1. The summed E-state index contributed by atoms with van der Waals surface area (Å²) in [4.78, 5) is 12.4. The summed E-state index contributed by atoms with van der Waals surface area (Å²) in [5.41, 5.74) is 13.8. The Labute approximate surface area is 158 Å². The molecule has 4 heteroatoms. The zero-order valence-corrected chi connectivity index (χ0v) is 16.1. The molecule has 0 saturated heterocycles. The van der Waals surface area contributed by atoms with Gasteiger partial charge in [0.05, 0.1) is 11.6 Å². The first-order valence-corrected chi connectivity index (χ1v) is 10.2. The van der Waals surface area contributed by atoms with Crippen LogP contribution in [0.2, 0.25) is 0 Å². The van der Waals surface area contributed by atoms with Gasteiger partial charge in [-0.15, -0.1) is 0 Å². The number of nitrogens with two attached hydrogens (primary N) is 1. The molecule has 0 radical (unpaired) electrons. The van der Waals surface area contributed by atoms with Gasteiger partial charge in [0.2, 0.25) is 0 Å². The van der Waals surface area contributed by atoms with Crippen molar-refractivity contribution in [1.29, 1.82) is 0 Å². The molecule has 1 aromatic carbocycles. The van der Waals surface area contributed by atoms with Crippen molar-refractivity contribution < 1.29 is 4.79 Å². The maximum absolute atomic E-state index is 12.4. The lowest BCUT2D eigenvalue weighted by Gasteiger charge is -2.21. The highest BCUT2D eigenvalue weighted by Gasteiger charge is 2.31. The van der Waals surface area contributed by atoms with Gasteiger partial charge in [-0.1, -0.05) is 37.6 Å². The topological polar surface area (TPSA) is 48.0 Å². The van der Waals surface area contributed by atoms with Gasteiger partial charge in [-0.25, -0.2) is 0 Å². The average molecular weight is 365 g/mol. The van der Waals surface area contributed by atoms with E-state index in [1.165, 1.54) is 16.8 Å². The lowest BCUT2D eigenvalue weighted by Crippen LogP contribution is -2.15. The first kappa shape index (κ1) is 17.1. The quantitative estimate of drug-likeness (QED) is 0.672. The normalized spacial score (nSPS) is 16.0. The molecular formula is C22H24N2OS. The van der Waals surface area contributed by atoms with Gasteiger partial charge >= 0.3 is 0 Å². The Bertz CT molecular complexity index is 953. The maximum atomic E-state index is 12.4. The number of primary amides is 1. The van der Waals surface area contributed by atoms with Crippen molar-refractivity contribution in [3.63, 3.8) is 0 Å². The average Bonchev–Trinajstić information content (AvgIpc) is 3.33. The largest absolute Gasteiger partial charge is 0.366 e. The number of thiophene rings is 1. The SMILES string of the molecule is CCCc1c(-c2ccsc2)c(C(N)=O)c(C)n1C1CCc2ccccc21. The predicted octanol–water partition coefficient (Wildman–Crippen LogP) is 5.11. The number of amides is 1. The highest BCUT2D eigenvalue weighted by atomic mass is 32.1. The van der Waals surface area contributed by atoms with E-state index in [1.807, 2.05) is 0 Å². The molecule has 26 heavy (non-hydrogen) atoms. The first-order valence-electron chi connectivity index (χ1n) is 9.27. The number of aromatic nitrogens is 1. The molecule has 1 amide bonds. The van der Waals surface area contributed by atoms with E-state index in [2.05, 4.69) is 59.5 Å². The lowest BCUT2D eigenvalue weighted by atomic mass is 10.0. The van der Waals surface area contributed by atoms with Crippen LogP contribution < -0.4 is 5.73 Å². The van der Waals surface area contributed by atoms with E-state index in [-0.39, 0.29) is 5.91 Å². The number of hydrogen-bond acceptors (Lipinski definition) is 2. The van der Waals surface area contributed by atoms with Gasteiger partial charge in [-0.05, 0) is 59.7 Å². The Morgan fingerprint density at radius 3 is 2.81 bits per heavy atom. The number of carbonyl (C=O) groups excluding carboxylic acids is 1. The summed E-state index contributed by atoms with van der Waals surface area (Å²) in [6.45, 7) is 4.24. The molecule has 0 saturated carbocycles. The van der Waals surface area contributed by atoms with Crippen LogP contribution in [-0.2, 0) is 12.8 Å². The summed E-state index contributed by atoms with van der Waals surface area (Å²) in [5.74, 6) is -0.328. The Morgan fingerprint density at radius 1 is 1.31 bits per heavy atom. The molecular weight excluding hydrogens is 340 g/mol. The molecule has 2 N–H and O–H groups in total. The van der Waals surface area contributed by atoms with Crippen molar-refractivity contribution in [2.45, 2.75) is 45.6 Å². The Kier molecular flexibility index (Phi) is 4.45. The smallest absolute Gasteiger partial charge is 0.251 e. The third-order valence-corrected chi connectivity index (χ3v) is 6.19. The minimum atomic E-state index is -0.328. The number of carbonyl (C=O) groups is 1. The van der Waals surface area contributed by atoms with Gasteiger partial charge in [0.25, 0.3) is 5.91 Å². The van der Waals surface area contributed by atoms with Crippen LogP contribution in [0.15, 0.2) is 41.1 Å². The van der Waals surface area contributed by atoms with Gasteiger partial charge in [0.15, 0.2) is 0 Å². The van der Waals surface area contributed by atoms with Gasteiger partial charge in [-0.3, -0.25) is 4.79 Å². The van der Waals surface area contributed by atoms with Crippen LogP contribution in [0.5, 0.6) is 0 Å². The van der Waals surface area contributed by atoms with E-state index in [0.29, 0.717) is 11.6 Å². The lowest BCUT2D eigenvalue weighted by molar-refractivity contribution is 0.1000. The highest BCUT2D eigenvalue weighted by Crippen LogP contribution is 2.42. The fourth-order valence-electron chi connectivity index (χ4n) is 4.49. The molecule has 0 spiro atoms. The molecule has 3 nitrogen and oxygen atoms in total. The fourth-order valence-corrected chi connectivity index (χ4v) is 5.14. The molecule has 0 bridgehead atoms. The van der Waals surface area contributed by atoms with Crippen molar-refractivity contribution in [3.05, 3.63) is 69.2 Å². The number of benzene rings is 1. The van der Waals surface area contributed by atoms with E-state index in [0.717, 1.165) is 42.5 Å². The van der Waals surface area contributed by atoms with Crippen molar-refractivity contribution in [1.82, 2.24) is 4.57 Å². The van der Waals surface area contributed by atoms with E-state index in [9.17, 15) is 4.79 Å². The molecule has 0 fully saturated rings. The standard InChI is InChI=1S/C22H24N2OS/c1-3-6-19-21(16-11-12-26-13-16)20(22(23)25)14(2)24(19)18-10-9-15-7-4-5-8-17(15)18/h4-5,7-8,11-13,18H,3,6,9-10H2,1-2H3,(H2,23,25). The number of aryl methyl sites for hydroxylation is 1. The number of rotatable bonds is 5. The minimum Gasteiger partial charge on any atom is -0.366 e. The van der Waals surface area contributed by atoms with Crippen LogP contribution in [0.4, 0.5) is 0 Å². The molecule has 4 rings (SSSR count). The zero-order chi connectivity index (χ0) is 18.3. The molecule has 1 aliphatic carbocycles. The molecule has 1 unspecified atom stereocenters. The Hall–Kier alpha value is -2.33. The minimum absolute atomic E-state index is 0.290. The van der Waals surface area contributed by atoms with Crippen LogP contribution in [0.1, 0.15) is 58.7 Å². The molecule has 0 aliphatic heterocycles. The second-order valence-electron chi connectivity index (χ2n) is 7.03. The van der Waals surface area contributed by atoms with E-state index in [1.54, 1.807) is 11.3 Å². The van der Waals surface area contributed by atoms with Crippen molar-refractivity contribution in [3.8, 4) is 11.1 Å². The van der Waals surface area contributed by atoms with Crippen LogP contribution in [0.25, 0.3) is 11.1 Å². The Balaban J connectivity index is 1.98. The van der Waals surface area contributed by atoms with Gasteiger partial charge in [-0.2, -0.15) is 11.3 Å². The van der Waals surface area contributed by atoms with Crippen molar-refractivity contribution in [2.24, 2.45) is 5.73 Å². The number of nitrogens with zero attached hydrogens (tertiary/aromatic N) is 1. The van der Waals surface area contributed by atoms with Crippen molar-refractivity contribution in [2.75, 3.05) is 0 Å². The van der Waals surface area contributed by atoms with E-state index in [4.69, 9.17) is 5.73 Å². The van der Waals surface area contributed by atoms with Gasteiger partial charge in [0.1, 0.15) is 0 Å². The van der Waals surface area contributed by atoms with E-state index < -0.39 is 0 Å². The van der Waals surface area contributed by atoms with Crippen LogP contribution >= 0.6 is 11.3 Å². The summed E-state index contributed by atoms with van der Waals surface area (Å²) < 4.78 is 2.41. The molecule has 1 aliphatic rings. The summed E-state index contributed by atoms with van der Waals surface area (Å²) >= 11 is 1.66. The molecule has 1 atom stereocenters. The van der Waals surface area contributed by atoms with Crippen LogP contribution in [-0.4, -0.2) is 10.5 Å². The van der Waals surface area contributed by atoms with Crippen LogP contribution in [0, 0.1) is 6.92 Å². The predicted molar refractivity (Wildman–Crippen MR) is 108 cm³/mol. The molecule has 2 aromatic heterocycles. The van der Waals surface area contributed by atoms with Crippen LogP contribution in [0.3, 0.4) is 0 Å². The monoisotopic (exact) mass is 364 g/mol. The second-order valence-corrected chi connectivity index (χ2v) is 7.81. The van der Waals surface area contributed by atoms with E-state index >= 15 is 0 Å². The van der Waals surface area contributed by atoms with Crippen molar-refractivity contribution >= 4 is 17.2 Å². The van der Waals surface area contributed by atoms with Gasteiger partial charge < -0.3 is 10.3 Å². The van der Waals surface area contributed by atoms with Gasteiger partial charge in [0, 0.05) is 17.0 Å². The third-order valence-electron chi connectivity index (χ3n) is 5.51. The highest BCUT2D eigenvalue weighted by molar-refractivity contribution is 7.08. The third kappa shape index (κ3) is 2.60. The second kappa shape index (κ2) is 6.76. The fraction of sp³-hybridized carbons (Fsp3) is 0.318. The maximum Gasteiger partial charge on any atom is 0.251 e. The first-order chi connectivity index (χ1) is 12.6. The zero-order valence-electron chi connectivity index (χ0n) is 15.3. The summed E-state index contributed by atoms with van der Waals surface area (Å²) in [6.07, 6.45) is 4.14. The summed E-state index contributed by atoms with van der Waals surface area (Å²) in [7, 11) is 0.